The molecule has 6 nitrogen and oxygen atoms in total. The number of pyridine rings is 2. The lowest BCUT2D eigenvalue weighted by Gasteiger charge is -2.07. The fraction of sp³-hybridized carbons (Fsp3) is 0.0625. The number of hydrogen-bond acceptors (Lipinski definition) is 5. The molecule has 0 atom stereocenters. The van der Waals surface area contributed by atoms with Crippen LogP contribution in [0.4, 0.5) is 11.5 Å². The summed E-state index contributed by atoms with van der Waals surface area (Å²) in [6.07, 6.45) is 6.41. The zero-order valence-electron chi connectivity index (χ0n) is 11.7. The summed E-state index contributed by atoms with van der Waals surface area (Å²) in [6.45, 7) is 0.579. The molecule has 0 aliphatic rings. The lowest BCUT2D eigenvalue weighted by Crippen LogP contribution is -2.13. The van der Waals surface area contributed by atoms with Crippen molar-refractivity contribution in [3.8, 4) is 0 Å². The summed E-state index contributed by atoms with van der Waals surface area (Å²) in [7, 11) is 0. The lowest BCUT2D eigenvalue weighted by molar-refractivity contribution is 0.102. The predicted molar refractivity (Wildman–Crippen MR) is 82.5 cm³/mol. The first-order chi connectivity index (χ1) is 10.8. The Morgan fingerprint density at radius 1 is 1.14 bits per heavy atom. The number of carbonyl (C=O) groups excluding carboxylic acids is 1. The smallest absolute Gasteiger partial charge is 0.258 e. The number of amides is 1. The summed E-state index contributed by atoms with van der Waals surface area (Å²) in [5.74, 6) is 1.09. The minimum atomic E-state index is -0.239. The second kappa shape index (κ2) is 6.53. The number of aromatic nitrogens is 2. The van der Waals surface area contributed by atoms with E-state index < -0.39 is 0 Å². The van der Waals surface area contributed by atoms with E-state index in [2.05, 4.69) is 20.6 Å². The zero-order valence-corrected chi connectivity index (χ0v) is 11.7. The van der Waals surface area contributed by atoms with Crippen molar-refractivity contribution in [1.82, 2.24) is 9.97 Å². The first-order valence-electron chi connectivity index (χ1n) is 6.75. The van der Waals surface area contributed by atoms with Crippen LogP contribution < -0.4 is 10.6 Å². The lowest BCUT2D eigenvalue weighted by atomic mass is 10.2. The zero-order chi connectivity index (χ0) is 15.2. The third-order valence-corrected chi connectivity index (χ3v) is 2.98. The highest BCUT2D eigenvalue weighted by Crippen LogP contribution is 2.12. The molecule has 3 rings (SSSR count). The van der Waals surface area contributed by atoms with Crippen LogP contribution in [-0.2, 0) is 6.54 Å². The summed E-state index contributed by atoms with van der Waals surface area (Å²) >= 11 is 0. The molecule has 3 aromatic heterocycles. The Balaban J connectivity index is 1.58. The quantitative estimate of drug-likeness (QED) is 0.756. The van der Waals surface area contributed by atoms with Crippen LogP contribution in [0.5, 0.6) is 0 Å². The van der Waals surface area contributed by atoms with Gasteiger partial charge in [-0.3, -0.25) is 9.78 Å². The van der Waals surface area contributed by atoms with E-state index in [0.29, 0.717) is 17.9 Å². The largest absolute Gasteiger partial charge is 0.467 e. The van der Waals surface area contributed by atoms with E-state index in [4.69, 9.17) is 4.42 Å². The number of rotatable bonds is 5. The van der Waals surface area contributed by atoms with E-state index in [1.165, 1.54) is 6.20 Å². The summed E-state index contributed by atoms with van der Waals surface area (Å²) in [5.41, 5.74) is 1.33. The van der Waals surface area contributed by atoms with Crippen molar-refractivity contribution in [2.24, 2.45) is 0 Å². The van der Waals surface area contributed by atoms with Crippen molar-refractivity contribution in [3.05, 3.63) is 72.6 Å². The normalized spacial score (nSPS) is 10.2. The number of anilines is 2. The molecule has 0 aliphatic heterocycles. The Labute approximate surface area is 127 Å². The van der Waals surface area contributed by atoms with Crippen molar-refractivity contribution in [2.45, 2.75) is 6.54 Å². The van der Waals surface area contributed by atoms with Crippen LogP contribution in [0.25, 0.3) is 0 Å². The van der Waals surface area contributed by atoms with Gasteiger partial charge in [-0.15, -0.1) is 0 Å². The molecular weight excluding hydrogens is 280 g/mol. The molecule has 0 saturated carbocycles. The van der Waals surface area contributed by atoms with Gasteiger partial charge in [0.15, 0.2) is 0 Å². The Morgan fingerprint density at radius 2 is 2.09 bits per heavy atom. The minimum absolute atomic E-state index is 0.239. The van der Waals surface area contributed by atoms with Gasteiger partial charge in [-0.2, -0.15) is 0 Å². The van der Waals surface area contributed by atoms with Gasteiger partial charge < -0.3 is 15.1 Å². The first kappa shape index (κ1) is 13.8. The Hall–Kier alpha value is -3.15. The van der Waals surface area contributed by atoms with Crippen molar-refractivity contribution >= 4 is 17.4 Å². The van der Waals surface area contributed by atoms with Crippen molar-refractivity contribution in [3.63, 3.8) is 0 Å². The molecule has 0 unspecified atom stereocenters. The molecule has 3 heterocycles. The third-order valence-electron chi connectivity index (χ3n) is 2.98. The second-order valence-electron chi connectivity index (χ2n) is 4.56. The van der Waals surface area contributed by atoms with Gasteiger partial charge in [0.2, 0.25) is 0 Å². The fourth-order valence-electron chi connectivity index (χ4n) is 1.86. The summed E-state index contributed by atoms with van der Waals surface area (Å²) in [5, 5.41) is 5.90. The Kier molecular flexibility index (Phi) is 4.10. The van der Waals surface area contributed by atoms with E-state index in [1.807, 2.05) is 18.2 Å². The number of hydrogen-bond donors (Lipinski definition) is 2. The van der Waals surface area contributed by atoms with Crippen LogP contribution in [-0.4, -0.2) is 15.9 Å². The Morgan fingerprint density at radius 3 is 2.77 bits per heavy atom. The van der Waals surface area contributed by atoms with Crippen molar-refractivity contribution < 1.29 is 9.21 Å². The van der Waals surface area contributed by atoms with Gasteiger partial charge in [0.05, 0.1) is 30.3 Å². The maximum atomic E-state index is 12.0. The van der Waals surface area contributed by atoms with Crippen LogP contribution in [0.15, 0.2) is 65.7 Å². The highest BCUT2D eigenvalue weighted by Gasteiger charge is 2.06. The summed E-state index contributed by atoms with van der Waals surface area (Å²) in [6, 6.07) is 10.7. The standard InChI is InChI=1S/C16H14N4O2/c21-16(12-3-1-7-17-9-12)20-15-6-5-13(10-19-15)18-11-14-4-2-8-22-14/h1-10,18H,11H2,(H,19,20,21). The topological polar surface area (TPSA) is 80.0 Å². The SMILES string of the molecule is O=C(Nc1ccc(NCc2ccco2)cn1)c1cccnc1. The van der Waals surface area contributed by atoms with Crippen LogP contribution in [0.3, 0.4) is 0 Å². The summed E-state index contributed by atoms with van der Waals surface area (Å²) < 4.78 is 5.23. The van der Waals surface area contributed by atoms with Gasteiger partial charge in [-0.25, -0.2) is 4.98 Å². The van der Waals surface area contributed by atoms with E-state index in [0.717, 1.165) is 11.4 Å². The van der Waals surface area contributed by atoms with E-state index in [1.54, 1.807) is 36.9 Å². The number of nitrogens with zero attached hydrogens (tertiary/aromatic N) is 2. The van der Waals surface area contributed by atoms with Crippen LogP contribution in [0.1, 0.15) is 16.1 Å². The molecule has 110 valence electrons. The van der Waals surface area contributed by atoms with Gasteiger partial charge in [0.1, 0.15) is 11.6 Å². The molecule has 0 bridgehead atoms. The molecule has 6 heteroatoms. The molecule has 2 N–H and O–H groups in total. The highest BCUT2D eigenvalue weighted by molar-refractivity contribution is 6.03. The van der Waals surface area contributed by atoms with E-state index in [9.17, 15) is 4.79 Å². The molecule has 0 aromatic carbocycles. The number of furan rings is 1. The predicted octanol–water partition coefficient (Wildman–Crippen LogP) is 2.93. The van der Waals surface area contributed by atoms with E-state index in [-0.39, 0.29) is 5.91 Å². The van der Waals surface area contributed by atoms with Gasteiger partial charge >= 0.3 is 0 Å². The molecular formula is C16H14N4O2. The fourth-order valence-corrected chi connectivity index (χ4v) is 1.86. The third kappa shape index (κ3) is 3.49. The van der Waals surface area contributed by atoms with Crippen LogP contribution in [0, 0.1) is 0 Å². The van der Waals surface area contributed by atoms with Crippen LogP contribution in [0.2, 0.25) is 0 Å². The molecule has 0 spiro atoms. The number of carbonyl (C=O) groups is 1. The maximum Gasteiger partial charge on any atom is 0.258 e. The van der Waals surface area contributed by atoms with Gasteiger partial charge in [0, 0.05) is 12.4 Å². The molecule has 1 amide bonds. The number of nitrogens with one attached hydrogen (secondary N) is 2. The average molecular weight is 294 g/mol. The molecule has 0 saturated heterocycles. The maximum absolute atomic E-state index is 12.0. The first-order valence-corrected chi connectivity index (χ1v) is 6.75. The van der Waals surface area contributed by atoms with E-state index >= 15 is 0 Å². The molecule has 0 radical (unpaired) electrons. The van der Waals surface area contributed by atoms with Crippen LogP contribution >= 0.6 is 0 Å². The minimum Gasteiger partial charge on any atom is -0.467 e. The molecule has 0 aliphatic carbocycles. The van der Waals surface area contributed by atoms with Gasteiger partial charge in [-0.05, 0) is 36.4 Å². The monoisotopic (exact) mass is 294 g/mol. The van der Waals surface area contributed by atoms with Gasteiger partial charge in [0.25, 0.3) is 5.91 Å². The van der Waals surface area contributed by atoms with Crippen molar-refractivity contribution in [1.29, 1.82) is 0 Å². The molecule has 0 fully saturated rings. The highest BCUT2D eigenvalue weighted by atomic mass is 16.3. The summed E-state index contributed by atoms with van der Waals surface area (Å²) in [4.78, 5) is 20.1. The average Bonchev–Trinajstić information content (AvgIpc) is 3.08. The molecule has 3 aromatic rings. The van der Waals surface area contributed by atoms with Crippen molar-refractivity contribution in [2.75, 3.05) is 10.6 Å². The molecule has 22 heavy (non-hydrogen) atoms. The van der Waals surface area contributed by atoms with Gasteiger partial charge in [-0.1, -0.05) is 0 Å². The second-order valence-corrected chi connectivity index (χ2v) is 4.56. The Bertz CT molecular complexity index is 725.